The van der Waals surface area contributed by atoms with Crippen LogP contribution in [0.3, 0.4) is 0 Å². The van der Waals surface area contributed by atoms with Crippen LogP contribution < -0.4 is 10.6 Å². The van der Waals surface area contributed by atoms with E-state index in [0.29, 0.717) is 18.3 Å². The molecule has 1 unspecified atom stereocenters. The minimum Gasteiger partial charge on any atom is -0.373 e. The molecule has 3 rings (SSSR count). The third kappa shape index (κ3) is 4.90. The molecule has 6 nitrogen and oxygen atoms in total. The summed E-state index contributed by atoms with van der Waals surface area (Å²) in [6.07, 6.45) is 2.22. The van der Waals surface area contributed by atoms with E-state index in [-0.39, 0.29) is 11.7 Å². The highest BCUT2D eigenvalue weighted by molar-refractivity contribution is 5.87. The monoisotopic (exact) mass is 399 g/mol. The number of hydrogen-bond donors (Lipinski definition) is 2. The summed E-state index contributed by atoms with van der Waals surface area (Å²) in [5.74, 6) is 1.35. The number of likely N-dealkylation sites (N-methyl/N-ethyl adjacent to an activating group) is 1. The molecular weight excluding hydrogens is 369 g/mol. The van der Waals surface area contributed by atoms with Gasteiger partial charge in [-0.2, -0.15) is 0 Å². The van der Waals surface area contributed by atoms with E-state index in [0.717, 1.165) is 43.0 Å². The van der Waals surface area contributed by atoms with E-state index in [1.54, 1.807) is 24.1 Å². The molecule has 7 heteroatoms. The van der Waals surface area contributed by atoms with Gasteiger partial charge in [-0.05, 0) is 50.9 Å². The molecule has 1 aliphatic rings. The second kappa shape index (κ2) is 8.86. The van der Waals surface area contributed by atoms with Gasteiger partial charge in [-0.25, -0.2) is 14.4 Å². The van der Waals surface area contributed by atoms with Crippen LogP contribution in [0.15, 0.2) is 30.3 Å². The SMILES string of the molecule is CNc1cc(C2CCCNC2)nc(CN(C)C(=O)C(C)(C)c2ccc(F)cc2)n1. The van der Waals surface area contributed by atoms with Crippen LogP contribution >= 0.6 is 0 Å². The lowest BCUT2D eigenvalue weighted by Gasteiger charge is -2.30. The lowest BCUT2D eigenvalue weighted by atomic mass is 9.83. The number of anilines is 1. The first kappa shape index (κ1) is 21.2. The Hall–Kier alpha value is -2.54. The van der Waals surface area contributed by atoms with Crippen molar-refractivity contribution in [3.8, 4) is 0 Å². The van der Waals surface area contributed by atoms with Crippen molar-refractivity contribution >= 4 is 11.7 Å². The molecule has 29 heavy (non-hydrogen) atoms. The van der Waals surface area contributed by atoms with E-state index in [9.17, 15) is 9.18 Å². The summed E-state index contributed by atoms with van der Waals surface area (Å²) < 4.78 is 13.3. The van der Waals surface area contributed by atoms with Gasteiger partial charge in [0.1, 0.15) is 17.5 Å². The van der Waals surface area contributed by atoms with Crippen LogP contribution in [0.25, 0.3) is 0 Å². The van der Waals surface area contributed by atoms with Crippen LogP contribution in [0.2, 0.25) is 0 Å². The molecule has 1 aromatic heterocycles. The fraction of sp³-hybridized carbons (Fsp3) is 0.500. The molecule has 0 radical (unpaired) electrons. The van der Waals surface area contributed by atoms with Gasteiger partial charge in [0.2, 0.25) is 5.91 Å². The Kier molecular flexibility index (Phi) is 6.47. The molecule has 1 saturated heterocycles. The molecule has 2 heterocycles. The smallest absolute Gasteiger partial charge is 0.232 e. The number of rotatable bonds is 6. The molecule has 1 aromatic carbocycles. The number of hydrogen-bond acceptors (Lipinski definition) is 5. The average molecular weight is 400 g/mol. The van der Waals surface area contributed by atoms with Crippen molar-refractivity contribution in [2.45, 2.75) is 44.6 Å². The van der Waals surface area contributed by atoms with E-state index in [1.165, 1.54) is 12.1 Å². The average Bonchev–Trinajstić information content (AvgIpc) is 2.73. The number of aromatic nitrogens is 2. The molecule has 0 bridgehead atoms. The van der Waals surface area contributed by atoms with E-state index < -0.39 is 5.41 Å². The van der Waals surface area contributed by atoms with Crippen LogP contribution in [0.1, 0.15) is 49.7 Å². The second-order valence-corrected chi connectivity index (χ2v) is 8.18. The molecule has 2 aromatic rings. The number of piperidine rings is 1. The Bertz CT molecular complexity index is 847. The topological polar surface area (TPSA) is 70.2 Å². The van der Waals surface area contributed by atoms with Gasteiger partial charge >= 0.3 is 0 Å². The van der Waals surface area contributed by atoms with Gasteiger partial charge in [-0.3, -0.25) is 4.79 Å². The van der Waals surface area contributed by atoms with E-state index in [2.05, 4.69) is 15.6 Å². The van der Waals surface area contributed by atoms with Gasteiger partial charge < -0.3 is 15.5 Å². The van der Waals surface area contributed by atoms with Crippen molar-refractivity contribution < 1.29 is 9.18 Å². The molecule has 0 saturated carbocycles. The van der Waals surface area contributed by atoms with Crippen LogP contribution in [0.5, 0.6) is 0 Å². The molecular formula is C22H30FN5O. The zero-order valence-corrected chi connectivity index (χ0v) is 17.6. The zero-order valence-electron chi connectivity index (χ0n) is 17.6. The van der Waals surface area contributed by atoms with Gasteiger partial charge in [0.05, 0.1) is 17.7 Å². The molecule has 1 aliphatic heterocycles. The normalized spacial score (nSPS) is 17.1. The number of amides is 1. The molecule has 0 aliphatic carbocycles. The Labute approximate surface area is 171 Å². The highest BCUT2D eigenvalue weighted by Crippen LogP contribution is 2.27. The van der Waals surface area contributed by atoms with Crippen molar-refractivity contribution in [3.63, 3.8) is 0 Å². The highest BCUT2D eigenvalue weighted by Gasteiger charge is 2.33. The maximum absolute atomic E-state index is 13.3. The quantitative estimate of drug-likeness (QED) is 0.781. The van der Waals surface area contributed by atoms with E-state index >= 15 is 0 Å². The third-order valence-electron chi connectivity index (χ3n) is 5.59. The second-order valence-electron chi connectivity index (χ2n) is 8.18. The molecule has 1 amide bonds. The minimum atomic E-state index is -0.779. The maximum atomic E-state index is 13.3. The Morgan fingerprint density at radius 2 is 2.03 bits per heavy atom. The summed E-state index contributed by atoms with van der Waals surface area (Å²) in [6, 6.07) is 8.08. The fourth-order valence-corrected chi connectivity index (χ4v) is 3.78. The number of nitrogens with one attached hydrogen (secondary N) is 2. The molecule has 0 spiro atoms. The summed E-state index contributed by atoms with van der Waals surface area (Å²) in [5.41, 5.74) is 0.999. The zero-order chi connectivity index (χ0) is 21.0. The molecule has 156 valence electrons. The molecule has 2 N–H and O–H groups in total. The van der Waals surface area contributed by atoms with E-state index in [1.807, 2.05) is 27.0 Å². The van der Waals surface area contributed by atoms with Gasteiger partial charge in [-0.1, -0.05) is 12.1 Å². The van der Waals surface area contributed by atoms with Crippen molar-refractivity contribution in [3.05, 3.63) is 53.2 Å². The standard InChI is InChI=1S/C22H30FN5O/c1-22(2,16-7-9-17(23)10-8-16)21(29)28(4)14-20-26-18(12-19(24-3)27-20)15-6-5-11-25-13-15/h7-10,12,15,25H,5-6,11,13-14H2,1-4H3,(H,24,26,27). The number of benzene rings is 1. The van der Waals surface area contributed by atoms with Crippen LogP contribution in [-0.2, 0) is 16.8 Å². The number of carbonyl (C=O) groups excluding carboxylic acids is 1. The van der Waals surface area contributed by atoms with Gasteiger partial charge in [0.15, 0.2) is 0 Å². The first-order valence-electron chi connectivity index (χ1n) is 10.1. The first-order valence-corrected chi connectivity index (χ1v) is 10.1. The maximum Gasteiger partial charge on any atom is 0.232 e. The van der Waals surface area contributed by atoms with E-state index in [4.69, 9.17) is 4.98 Å². The summed E-state index contributed by atoms with van der Waals surface area (Å²) >= 11 is 0. The minimum absolute atomic E-state index is 0.0662. The van der Waals surface area contributed by atoms with Crippen molar-refractivity contribution in [1.82, 2.24) is 20.2 Å². The largest absolute Gasteiger partial charge is 0.373 e. The summed E-state index contributed by atoms with van der Waals surface area (Å²) in [4.78, 5) is 24.1. The van der Waals surface area contributed by atoms with Crippen molar-refractivity contribution in [2.24, 2.45) is 0 Å². The summed E-state index contributed by atoms with van der Waals surface area (Å²) in [5, 5.41) is 6.52. The molecule has 1 atom stereocenters. The van der Waals surface area contributed by atoms with Crippen molar-refractivity contribution in [2.75, 3.05) is 32.5 Å². The summed E-state index contributed by atoms with van der Waals surface area (Å²) in [6.45, 7) is 5.97. The number of carbonyl (C=O) groups is 1. The first-order chi connectivity index (χ1) is 13.8. The van der Waals surface area contributed by atoms with Gasteiger partial charge in [0, 0.05) is 32.6 Å². The molecule has 1 fully saturated rings. The van der Waals surface area contributed by atoms with Crippen LogP contribution in [0, 0.1) is 5.82 Å². The van der Waals surface area contributed by atoms with Gasteiger partial charge in [-0.15, -0.1) is 0 Å². The highest BCUT2D eigenvalue weighted by atomic mass is 19.1. The number of halogens is 1. The third-order valence-corrected chi connectivity index (χ3v) is 5.59. The fourth-order valence-electron chi connectivity index (χ4n) is 3.78. The lowest BCUT2D eigenvalue weighted by molar-refractivity contribution is -0.135. The summed E-state index contributed by atoms with van der Waals surface area (Å²) in [7, 11) is 3.59. The Morgan fingerprint density at radius 1 is 1.31 bits per heavy atom. The number of nitrogens with zero attached hydrogens (tertiary/aromatic N) is 3. The predicted octanol–water partition coefficient (Wildman–Crippen LogP) is 3.06. The Balaban J connectivity index is 1.79. The lowest BCUT2D eigenvalue weighted by Crippen LogP contribution is -2.41. The van der Waals surface area contributed by atoms with Crippen LogP contribution in [-0.4, -0.2) is 48.0 Å². The predicted molar refractivity (Wildman–Crippen MR) is 112 cm³/mol. The van der Waals surface area contributed by atoms with Crippen LogP contribution in [0.4, 0.5) is 10.2 Å². The van der Waals surface area contributed by atoms with Gasteiger partial charge in [0.25, 0.3) is 0 Å². The van der Waals surface area contributed by atoms with Crippen molar-refractivity contribution in [1.29, 1.82) is 0 Å². The Morgan fingerprint density at radius 3 is 2.66 bits per heavy atom.